The van der Waals surface area contributed by atoms with Crippen LogP contribution in [0.5, 0.6) is 5.88 Å². The topological polar surface area (TPSA) is 127 Å². The first kappa shape index (κ1) is 21.9. The quantitative estimate of drug-likeness (QED) is 0.416. The lowest BCUT2D eigenvalue weighted by Crippen LogP contribution is -2.63. The Bertz CT molecular complexity index is 1540. The molecule has 0 amide bonds. The average molecular weight is 476 g/mol. The minimum Gasteiger partial charge on any atom is -0.481 e. The summed E-state index contributed by atoms with van der Waals surface area (Å²) in [5, 5.41) is 15.0. The highest BCUT2D eigenvalue weighted by Gasteiger charge is 2.49. The first-order valence-electron chi connectivity index (χ1n) is 10.5. The van der Waals surface area contributed by atoms with Crippen molar-refractivity contribution in [1.82, 2.24) is 29.0 Å². The number of hydrogen-bond donors (Lipinski definition) is 0. The number of aromatic nitrogens is 5. The fourth-order valence-corrected chi connectivity index (χ4v) is 5.09. The van der Waals surface area contributed by atoms with Crippen LogP contribution in [-0.4, -0.2) is 63.9 Å². The number of sulfonamides is 1. The number of ether oxygens (including phenoxy) is 1. The molecule has 5 rings (SSSR count). The van der Waals surface area contributed by atoms with E-state index in [1.165, 1.54) is 10.6 Å². The molecule has 0 aromatic carbocycles. The molecule has 1 aliphatic rings. The Morgan fingerprint density at radius 2 is 1.97 bits per heavy atom. The van der Waals surface area contributed by atoms with Gasteiger partial charge in [-0.25, -0.2) is 18.4 Å². The van der Waals surface area contributed by atoms with Crippen LogP contribution >= 0.6 is 0 Å². The fourth-order valence-electron chi connectivity index (χ4n) is 4.14. The zero-order chi connectivity index (χ0) is 23.9. The van der Waals surface area contributed by atoms with Gasteiger partial charge in [0.05, 0.1) is 37.1 Å². The summed E-state index contributed by atoms with van der Waals surface area (Å²) in [6.07, 6.45) is 6.46. The Labute approximate surface area is 196 Å². The predicted molar refractivity (Wildman–Crippen MR) is 125 cm³/mol. The molecule has 0 unspecified atom stereocenters. The fraction of sp³-hybridized carbons (Fsp3) is 0.261. The van der Waals surface area contributed by atoms with Gasteiger partial charge in [-0.2, -0.15) is 14.7 Å². The van der Waals surface area contributed by atoms with E-state index in [1.807, 2.05) is 30.3 Å². The zero-order valence-corrected chi connectivity index (χ0v) is 19.4. The highest BCUT2D eigenvalue weighted by atomic mass is 32.2. The second-order valence-corrected chi connectivity index (χ2v) is 10.2. The van der Waals surface area contributed by atoms with Gasteiger partial charge in [0.25, 0.3) is 0 Å². The summed E-state index contributed by atoms with van der Waals surface area (Å²) in [6.45, 7) is 0.403. The van der Waals surface area contributed by atoms with Crippen molar-refractivity contribution < 1.29 is 13.2 Å². The molecule has 172 valence electrons. The van der Waals surface area contributed by atoms with Crippen molar-refractivity contribution in [1.29, 1.82) is 5.26 Å². The van der Waals surface area contributed by atoms with Crippen LogP contribution in [0.25, 0.3) is 33.5 Å². The zero-order valence-electron chi connectivity index (χ0n) is 18.6. The van der Waals surface area contributed by atoms with Crippen LogP contribution in [-0.2, 0) is 15.6 Å². The summed E-state index contributed by atoms with van der Waals surface area (Å²) < 4.78 is 32.1. The van der Waals surface area contributed by atoms with Gasteiger partial charge >= 0.3 is 0 Å². The van der Waals surface area contributed by atoms with E-state index in [-0.39, 0.29) is 19.5 Å². The molecule has 4 aromatic rings. The number of rotatable bonds is 6. The second kappa shape index (κ2) is 8.16. The SMILES string of the molecule is COc1cc(-c2cc3ncccc3c(-c3ccn(C4(CC#N)CN(S(C)(=O)=O)C4)n3)n2)ccn1. The van der Waals surface area contributed by atoms with Gasteiger partial charge in [-0.15, -0.1) is 0 Å². The van der Waals surface area contributed by atoms with Gasteiger partial charge in [0.1, 0.15) is 16.9 Å². The monoisotopic (exact) mass is 475 g/mol. The van der Waals surface area contributed by atoms with Crippen LogP contribution in [0.1, 0.15) is 6.42 Å². The van der Waals surface area contributed by atoms with Gasteiger partial charge < -0.3 is 4.74 Å². The normalized spacial score (nSPS) is 15.6. The van der Waals surface area contributed by atoms with Gasteiger partial charge in [-0.3, -0.25) is 9.67 Å². The summed E-state index contributed by atoms with van der Waals surface area (Å²) in [5.41, 5.74) is 2.81. The number of pyridine rings is 3. The Morgan fingerprint density at radius 3 is 2.71 bits per heavy atom. The van der Waals surface area contributed by atoms with E-state index in [1.54, 1.807) is 36.4 Å². The summed E-state index contributed by atoms with van der Waals surface area (Å²) in [7, 11) is -1.78. The Balaban J connectivity index is 1.60. The van der Waals surface area contributed by atoms with Crippen LogP contribution < -0.4 is 4.74 Å². The summed E-state index contributed by atoms with van der Waals surface area (Å²) in [5.74, 6) is 0.477. The van der Waals surface area contributed by atoms with Crippen molar-refractivity contribution in [3.63, 3.8) is 0 Å². The molecule has 1 saturated heterocycles. The highest BCUT2D eigenvalue weighted by molar-refractivity contribution is 7.88. The Kier molecular flexibility index (Phi) is 5.27. The van der Waals surface area contributed by atoms with Gasteiger partial charge in [0.15, 0.2) is 0 Å². The molecule has 1 aliphatic heterocycles. The molecular weight excluding hydrogens is 454 g/mol. The van der Waals surface area contributed by atoms with Crippen molar-refractivity contribution in [2.24, 2.45) is 0 Å². The van der Waals surface area contributed by atoms with Crippen LogP contribution in [0.4, 0.5) is 0 Å². The third-order valence-corrected chi connectivity index (χ3v) is 7.17. The third-order valence-electron chi connectivity index (χ3n) is 5.98. The first-order chi connectivity index (χ1) is 16.3. The number of fused-ring (bicyclic) bond motifs is 1. The van der Waals surface area contributed by atoms with E-state index in [9.17, 15) is 13.7 Å². The Hall–Kier alpha value is -3.88. The summed E-state index contributed by atoms with van der Waals surface area (Å²) in [4.78, 5) is 13.6. The van der Waals surface area contributed by atoms with E-state index < -0.39 is 15.6 Å². The lowest BCUT2D eigenvalue weighted by molar-refractivity contribution is 0.0726. The Morgan fingerprint density at radius 1 is 1.15 bits per heavy atom. The number of nitrogens with zero attached hydrogens (tertiary/aromatic N) is 7. The van der Waals surface area contributed by atoms with Crippen LogP contribution in [0.2, 0.25) is 0 Å². The average Bonchev–Trinajstić information content (AvgIpc) is 3.30. The molecule has 0 spiro atoms. The molecule has 0 radical (unpaired) electrons. The first-order valence-corrected chi connectivity index (χ1v) is 12.3. The molecule has 4 aromatic heterocycles. The molecule has 11 heteroatoms. The van der Waals surface area contributed by atoms with Crippen molar-refractivity contribution in [2.45, 2.75) is 12.0 Å². The van der Waals surface area contributed by atoms with E-state index >= 15 is 0 Å². The summed E-state index contributed by atoms with van der Waals surface area (Å²) in [6, 6.07) is 13.3. The number of methoxy groups -OCH3 is 1. The number of hydrogen-bond acceptors (Lipinski definition) is 8. The third kappa shape index (κ3) is 3.76. The maximum absolute atomic E-state index is 11.9. The molecule has 1 fully saturated rings. The van der Waals surface area contributed by atoms with E-state index in [2.05, 4.69) is 16.0 Å². The van der Waals surface area contributed by atoms with E-state index in [4.69, 9.17) is 14.8 Å². The number of nitriles is 1. The molecular formula is C23H21N7O3S. The molecule has 34 heavy (non-hydrogen) atoms. The maximum Gasteiger partial charge on any atom is 0.213 e. The van der Waals surface area contributed by atoms with Gasteiger partial charge in [0.2, 0.25) is 15.9 Å². The van der Waals surface area contributed by atoms with Gasteiger partial charge in [0, 0.05) is 48.7 Å². The van der Waals surface area contributed by atoms with Gasteiger partial charge in [-0.05, 0) is 30.3 Å². The predicted octanol–water partition coefficient (Wildman–Crippen LogP) is 2.45. The largest absolute Gasteiger partial charge is 0.481 e. The molecule has 0 aliphatic carbocycles. The van der Waals surface area contributed by atoms with Crippen LogP contribution in [0.15, 0.2) is 55.0 Å². The van der Waals surface area contributed by atoms with E-state index in [0.29, 0.717) is 23.0 Å². The lowest BCUT2D eigenvalue weighted by Gasteiger charge is -2.47. The lowest BCUT2D eigenvalue weighted by atomic mass is 9.89. The summed E-state index contributed by atoms with van der Waals surface area (Å²) >= 11 is 0. The van der Waals surface area contributed by atoms with Crippen molar-refractivity contribution in [3.8, 4) is 34.6 Å². The molecule has 0 N–H and O–H groups in total. The van der Waals surface area contributed by atoms with Crippen LogP contribution in [0, 0.1) is 11.3 Å². The highest BCUT2D eigenvalue weighted by Crippen LogP contribution is 2.36. The van der Waals surface area contributed by atoms with Crippen molar-refractivity contribution in [3.05, 3.63) is 55.0 Å². The molecule has 0 atom stereocenters. The van der Waals surface area contributed by atoms with Crippen molar-refractivity contribution >= 4 is 20.9 Å². The maximum atomic E-state index is 11.9. The second-order valence-electron chi connectivity index (χ2n) is 8.25. The smallest absolute Gasteiger partial charge is 0.213 e. The minimum absolute atomic E-state index is 0.146. The van der Waals surface area contributed by atoms with Gasteiger partial charge in [-0.1, -0.05) is 0 Å². The molecule has 0 bridgehead atoms. The van der Waals surface area contributed by atoms with Crippen molar-refractivity contribution in [2.75, 3.05) is 26.5 Å². The van der Waals surface area contributed by atoms with Crippen LogP contribution in [0.3, 0.4) is 0 Å². The minimum atomic E-state index is -3.33. The standard InChI is InChI=1S/C23H21N7O3S/c1-33-21-12-16(5-10-26-21)19-13-20-17(4-3-9-25-20)22(27-19)18-6-11-30(28-18)23(7-8-24)14-29(15-23)34(2,31)32/h3-6,9-13H,7,14-15H2,1-2H3. The van der Waals surface area contributed by atoms with E-state index in [0.717, 1.165) is 16.5 Å². The molecule has 5 heterocycles. The molecule has 10 nitrogen and oxygen atoms in total. The molecule has 0 saturated carbocycles.